The van der Waals surface area contributed by atoms with Crippen molar-refractivity contribution in [2.24, 2.45) is 0 Å². The highest BCUT2D eigenvalue weighted by molar-refractivity contribution is 5.92. The van der Waals surface area contributed by atoms with Gasteiger partial charge in [-0.3, -0.25) is 15.0 Å². The van der Waals surface area contributed by atoms with E-state index in [1.165, 1.54) is 0 Å². The molecule has 1 amide bonds. The zero-order valence-electron chi connectivity index (χ0n) is 11.7. The van der Waals surface area contributed by atoms with Gasteiger partial charge in [-0.15, -0.1) is 0 Å². The molecule has 0 aliphatic heterocycles. The molecule has 108 valence electrons. The number of hydrogen-bond donors (Lipinski definition) is 2. The van der Waals surface area contributed by atoms with Crippen molar-refractivity contribution in [2.45, 2.75) is 0 Å². The van der Waals surface area contributed by atoms with Gasteiger partial charge in [0.2, 0.25) is 0 Å². The second kappa shape index (κ2) is 6.20. The van der Waals surface area contributed by atoms with Crippen molar-refractivity contribution in [2.75, 3.05) is 0 Å². The first-order valence-electron chi connectivity index (χ1n) is 6.84. The highest BCUT2D eigenvalue weighted by atomic mass is 16.5. The molecule has 1 heterocycles. The average Bonchev–Trinajstić information content (AvgIpc) is 2.62. The SMILES string of the molecule is O=C(NO)c1cc(-c2ccc(-c3ccccc3)cc2)ccn1. The Kier molecular flexibility index (Phi) is 3.94. The first-order valence-corrected chi connectivity index (χ1v) is 6.84. The minimum atomic E-state index is -0.622. The maximum atomic E-state index is 11.4. The van der Waals surface area contributed by atoms with Gasteiger partial charge in [-0.2, -0.15) is 0 Å². The van der Waals surface area contributed by atoms with E-state index in [-0.39, 0.29) is 5.69 Å². The highest BCUT2D eigenvalue weighted by Gasteiger charge is 2.07. The lowest BCUT2D eigenvalue weighted by atomic mass is 10.0. The maximum Gasteiger partial charge on any atom is 0.293 e. The normalized spacial score (nSPS) is 10.2. The number of carbonyl (C=O) groups is 1. The van der Waals surface area contributed by atoms with Crippen LogP contribution in [-0.2, 0) is 0 Å². The van der Waals surface area contributed by atoms with Crippen LogP contribution in [0.3, 0.4) is 0 Å². The fourth-order valence-electron chi connectivity index (χ4n) is 2.28. The number of pyridine rings is 1. The Hall–Kier alpha value is -2.98. The van der Waals surface area contributed by atoms with E-state index in [0.717, 1.165) is 22.3 Å². The van der Waals surface area contributed by atoms with Gasteiger partial charge < -0.3 is 0 Å². The second-order valence-electron chi connectivity index (χ2n) is 4.81. The molecule has 4 heteroatoms. The average molecular weight is 290 g/mol. The number of aromatic nitrogens is 1. The van der Waals surface area contributed by atoms with Crippen molar-refractivity contribution in [3.63, 3.8) is 0 Å². The van der Waals surface area contributed by atoms with E-state index in [9.17, 15) is 4.79 Å². The molecule has 0 saturated carbocycles. The lowest BCUT2D eigenvalue weighted by molar-refractivity contribution is 0.0701. The number of carbonyl (C=O) groups excluding carboxylic acids is 1. The van der Waals surface area contributed by atoms with E-state index in [1.54, 1.807) is 17.7 Å². The third-order valence-corrected chi connectivity index (χ3v) is 3.42. The Bertz CT molecular complexity index is 784. The van der Waals surface area contributed by atoms with E-state index in [2.05, 4.69) is 17.1 Å². The van der Waals surface area contributed by atoms with Gasteiger partial charge in [0.15, 0.2) is 0 Å². The van der Waals surface area contributed by atoms with Crippen LogP contribution in [0, 0.1) is 0 Å². The van der Waals surface area contributed by atoms with Crippen molar-refractivity contribution < 1.29 is 10.0 Å². The Morgan fingerprint density at radius 3 is 2.05 bits per heavy atom. The fraction of sp³-hybridized carbons (Fsp3) is 0. The molecule has 3 aromatic rings. The number of amides is 1. The molecule has 0 saturated heterocycles. The van der Waals surface area contributed by atoms with Crippen molar-refractivity contribution in [1.82, 2.24) is 10.5 Å². The molecule has 2 N–H and O–H groups in total. The Balaban J connectivity index is 1.92. The molecule has 2 aromatic carbocycles. The molecule has 0 aliphatic carbocycles. The summed E-state index contributed by atoms with van der Waals surface area (Å²) < 4.78 is 0. The molecule has 0 radical (unpaired) electrons. The van der Waals surface area contributed by atoms with Crippen LogP contribution in [0.25, 0.3) is 22.3 Å². The summed E-state index contributed by atoms with van der Waals surface area (Å²) in [7, 11) is 0. The van der Waals surface area contributed by atoms with E-state index in [1.807, 2.05) is 48.5 Å². The molecule has 0 aliphatic rings. The van der Waals surface area contributed by atoms with Crippen LogP contribution in [0.2, 0.25) is 0 Å². The molecule has 0 atom stereocenters. The Morgan fingerprint density at radius 2 is 1.41 bits per heavy atom. The van der Waals surface area contributed by atoms with Crippen LogP contribution in [-0.4, -0.2) is 16.1 Å². The van der Waals surface area contributed by atoms with Crippen LogP contribution in [0.4, 0.5) is 0 Å². The molecule has 0 spiro atoms. The summed E-state index contributed by atoms with van der Waals surface area (Å²) in [6.07, 6.45) is 1.55. The minimum absolute atomic E-state index is 0.173. The summed E-state index contributed by atoms with van der Waals surface area (Å²) in [6, 6.07) is 21.7. The van der Waals surface area contributed by atoms with Gasteiger partial charge in [0, 0.05) is 6.20 Å². The third kappa shape index (κ3) is 2.87. The van der Waals surface area contributed by atoms with E-state index >= 15 is 0 Å². The second-order valence-corrected chi connectivity index (χ2v) is 4.81. The van der Waals surface area contributed by atoms with Gasteiger partial charge in [0.1, 0.15) is 5.69 Å². The summed E-state index contributed by atoms with van der Waals surface area (Å²) in [5, 5.41) is 8.67. The van der Waals surface area contributed by atoms with Crippen LogP contribution in [0.15, 0.2) is 72.9 Å². The summed E-state index contributed by atoms with van der Waals surface area (Å²) in [5.74, 6) is -0.622. The van der Waals surface area contributed by atoms with Crippen LogP contribution < -0.4 is 5.48 Å². The van der Waals surface area contributed by atoms with E-state index < -0.39 is 5.91 Å². The van der Waals surface area contributed by atoms with Gasteiger partial charge in [-0.25, -0.2) is 5.48 Å². The molecule has 4 nitrogen and oxygen atoms in total. The third-order valence-electron chi connectivity index (χ3n) is 3.42. The topological polar surface area (TPSA) is 62.2 Å². The minimum Gasteiger partial charge on any atom is -0.288 e. The lowest BCUT2D eigenvalue weighted by Crippen LogP contribution is -2.19. The molecule has 22 heavy (non-hydrogen) atoms. The van der Waals surface area contributed by atoms with Gasteiger partial charge in [-0.1, -0.05) is 54.6 Å². The van der Waals surface area contributed by atoms with Gasteiger partial charge >= 0.3 is 0 Å². The fourth-order valence-corrected chi connectivity index (χ4v) is 2.28. The zero-order chi connectivity index (χ0) is 15.4. The number of hydrogen-bond acceptors (Lipinski definition) is 3. The highest BCUT2D eigenvalue weighted by Crippen LogP contribution is 2.24. The number of nitrogens with zero attached hydrogens (tertiary/aromatic N) is 1. The molecule has 0 bridgehead atoms. The number of nitrogens with one attached hydrogen (secondary N) is 1. The molecular formula is C18H14N2O2. The summed E-state index contributed by atoms with van der Waals surface area (Å²) in [4.78, 5) is 15.3. The zero-order valence-corrected chi connectivity index (χ0v) is 11.7. The van der Waals surface area contributed by atoms with Gasteiger partial charge in [0.25, 0.3) is 5.91 Å². The summed E-state index contributed by atoms with van der Waals surface area (Å²) in [5.41, 5.74) is 5.90. The molecule has 0 fully saturated rings. The van der Waals surface area contributed by atoms with E-state index in [0.29, 0.717) is 0 Å². The van der Waals surface area contributed by atoms with Gasteiger partial charge in [-0.05, 0) is 34.4 Å². The van der Waals surface area contributed by atoms with Gasteiger partial charge in [0.05, 0.1) is 0 Å². The molecular weight excluding hydrogens is 276 g/mol. The monoisotopic (exact) mass is 290 g/mol. The quantitative estimate of drug-likeness (QED) is 0.573. The van der Waals surface area contributed by atoms with Crippen molar-refractivity contribution >= 4 is 5.91 Å². The Labute approximate surface area is 128 Å². The molecule has 0 unspecified atom stereocenters. The van der Waals surface area contributed by atoms with Crippen molar-refractivity contribution in [3.8, 4) is 22.3 Å². The van der Waals surface area contributed by atoms with Crippen LogP contribution in [0.1, 0.15) is 10.5 Å². The maximum absolute atomic E-state index is 11.4. The number of benzene rings is 2. The van der Waals surface area contributed by atoms with E-state index in [4.69, 9.17) is 5.21 Å². The Morgan fingerprint density at radius 1 is 0.818 bits per heavy atom. The van der Waals surface area contributed by atoms with Crippen molar-refractivity contribution in [3.05, 3.63) is 78.6 Å². The predicted molar refractivity (Wildman–Crippen MR) is 84.4 cm³/mol. The molecule has 1 aromatic heterocycles. The van der Waals surface area contributed by atoms with Crippen LogP contribution in [0.5, 0.6) is 0 Å². The number of hydroxylamine groups is 1. The summed E-state index contributed by atoms with van der Waals surface area (Å²) in [6.45, 7) is 0. The van der Waals surface area contributed by atoms with Crippen LogP contribution >= 0.6 is 0 Å². The lowest BCUT2D eigenvalue weighted by Gasteiger charge is -2.06. The molecule has 3 rings (SSSR count). The van der Waals surface area contributed by atoms with Crippen molar-refractivity contribution in [1.29, 1.82) is 0 Å². The summed E-state index contributed by atoms with van der Waals surface area (Å²) >= 11 is 0. The number of rotatable bonds is 3. The predicted octanol–water partition coefficient (Wildman–Crippen LogP) is 3.53. The first kappa shape index (κ1) is 14.0. The smallest absolute Gasteiger partial charge is 0.288 e. The largest absolute Gasteiger partial charge is 0.293 e. The first-order chi connectivity index (χ1) is 10.8. The standard InChI is InChI=1S/C18H14N2O2/c21-18(20-22)17-12-16(10-11-19-17)15-8-6-14(7-9-15)13-4-2-1-3-5-13/h1-12,22H,(H,20,21).